The van der Waals surface area contributed by atoms with E-state index in [0.717, 1.165) is 13.2 Å². The molecule has 2 nitrogen and oxygen atoms in total. The number of ether oxygens (including phenoxy) is 1. The van der Waals surface area contributed by atoms with Crippen molar-refractivity contribution in [1.29, 1.82) is 0 Å². The van der Waals surface area contributed by atoms with Crippen molar-refractivity contribution in [1.82, 2.24) is 0 Å². The molecule has 0 N–H and O–H groups in total. The Morgan fingerprint density at radius 3 is 2.29 bits per heavy atom. The molecule has 1 heterocycles. The van der Waals surface area contributed by atoms with Crippen molar-refractivity contribution in [3.05, 3.63) is 0 Å². The van der Waals surface area contributed by atoms with Gasteiger partial charge in [0.05, 0.1) is 26.8 Å². The number of morpholine rings is 1. The monoisotopic (exact) mass is 313 g/mol. The lowest BCUT2D eigenvalue weighted by Gasteiger charge is -2.37. The van der Waals surface area contributed by atoms with Gasteiger partial charge in [-0.3, -0.25) is 0 Å². The quantitative estimate of drug-likeness (QED) is 0.361. The molecule has 14 heavy (non-hydrogen) atoms. The van der Waals surface area contributed by atoms with Gasteiger partial charge in [0.1, 0.15) is 13.1 Å². The summed E-state index contributed by atoms with van der Waals surface area (Å²) < 4.78 is 6.62. The van der Waals surface area contributed by atoms with Gasteiger partial charge in [-0.1, -0.05) is 19.8 Å². The van der Waals surface area contributed by atoms with Crippen molar-refractivity contribution in [2.45, 2.75) is 32.6 Å². The fourth-order valence-electron chi connectivity index (χ4n) is 1.93. The average molecular weight is 313 g/mol. The molecule has 0 spiro atoms. The highest BCUT2D eigenvalue weighted by molar-refractivity contribution is 4.48. The molecule has 0 bridgehead atoms. The van der Waals surface area contributed by atoms with Gasteiger partial charge < -0.3 is 33.2 Å². The van der Waals surface area contributed by atoms with E-state index in [4.69, 9.17) is 4.74 Å². The van der Waals surface area contributed by atoms with E-state index in [0.29, 0.717) is 0 Å². The van der Waals surface area contributed by atoms with Crippen LogP contribution in [0.25, 0.3) is 0 Å². The molecule has 0 aromatic rings. The molecule has 0 amide bonds. The molecule has 0 atom stereocenters. The summed E-state index contributed by atoms with van der Waals surface area (Å²) in [5, 5.41) is 0. The first kappa shape index (κ1) is 14.6. The van der Waals surface area contributed by atoms with Crippen molar-refractivity contribution >= 4 is 0 Å². The molecule has 86 valence electrons. The molecular weight excluding hydrogens is 289 g/mol. The number of halogens is 1. The second-order valence-corrected chi connectivity index (χ2v) is 4.46. The maximum atomic E-state index is 5.38. The number of hydrogen-bond donors (Lipinski definition) is 0. The van der Waals surface area contributed by atoms with Gasteiger partial charge in [-0.2, -0.15) is 0 Å². The van der Waals surface area contributed by atoms with E-state index in [9.17, 15) is 0 Å². The molecule has 0 radical (unpaired) electrons. The van der Waals surface area contributed by atoms with Crippen LogP contribution in [0.5, 0.6) is 0 Å². The Balaban J connectivity index is 0.00000169. The Morgan fingerprint density at radius 2 is 1.71 bits per heavy atom. The van der Waals surface area contributed by atoms with E-state index in [-0.39, 0.29) is 24.0 Å². The van der Waals surface area contributed by atoms with Gasteiger partial charge in [0.2, 0.25) is 0 Å². The third-order valence-corrected chi connectivity index (χ3v) is 3.10. The first-order valence-corrected chi connectivity index (χ1v) is 5.68. The van der Waals surface area contributed by atoms with Crippen molar-refractivity contribution in [3.8, 4) is 0 Å². The number of quaternary nitrogens is 1. The minimum Gasteiger partial charge on any atom is -1.00 e. The first-order valence-electron chi connectivity index (χ1n) is 5.68. The standard InChI is InChI=1S/C11H24NO.HI/c1-3-4-5-6-7-12(2)8-10-13-11-9-12;/h3-11H2,1-2H3;1H/q+1;/p-1. The molecule has 0 aromatic heterocycles. The molecule has 0 saturated carbocycles. The smallest absolute Gasteiger partial charge is 0.102 e. The zero-order valence-electron chi connectivity index (χ0n) is 9.60. The van der Waals surface area contributed by atoms with Gasteiger partial charge in [0.25, 0.3) is 0 Å². The van der Waals surface area contributed by atoms with Gasteiger partial charge in [0, 0.05) is 0 Å². The van der Waals surface area contributed by atoms with Crippen LogP contribution in [-0.4, -0.2) is 44.4 Å². The van der Waals surface area contributed by atoms with Crippen LogP contribution >= 0.6 is 0 Å². The molecule has 0 unspecified atom stereocenters. The highest BCUT2D eigenvalue weighted by Crippen LogP contribution is 2.10. The Bertz CT molecular complexity index is 135. The van der Waals surface area contributed by atoms with Crippen LogP contribution in [0.2, 0.25) is 0 Å². The topological polar surface area (TPSA) is 9.23 Å². The second kappa shape index (κ2) is 7.88. The molecule has 3 heteroatoms. The van der Waals surface area contributed by atoms with E-state index in [1.54, 1.807) is 0 Å². The molecular formula is C11H24INO. The van der Waals surface area contributed by atoms with Crippen LogP contribution < -0.4 is 24.0 Å². The average Bonchev–Trinajstić information content (AvgIpc) is 2.14. The number of rotatable bonds is 5. The lowest BCUT2D eigenvalue weighted by atomic mass is 10.2. The van der Waals surface area contributed by atoms with Gasteiger partial charge in [0.15, 0.2) is 0 Å². The molecule has 1 aliphatic heterocycles. The van der Waals surface area contributed by atoms with E-state index < -0.39 is 0 Å². The minimum absolute atomic E-state index is 0. The van der Waals surface area contributed by atoms with Crippen LogP contribution in [0.1, 0.15) is 32.6 Å². The minimum atomic E-state index is 0. The fourth-order valence-corrected chi connectivity index (χ4v) is 1.93. The van der Waals surface area contributed by atoms with Gasteiger partial charge in [-0.15, -0.1) is 0 Å². The highest BCUT2D eigenvalue weighted by Gasteiger charge is 2.23. The Labute approximate surface area is 106 Å². The van der Waals surface area contributed by atoms with E-state index in [1.165, 1.54) is 49.8 Å². The molecule has 0 aromatic carbocycles. The summed E-state index contributed by atoms with van der Waals surface area (Å²) in [6, 6.07) is 0. The summed E-state index contributed by atoms with van der Waals surface area (Å²) in [6.07, 6.45) is 5.54. The Hall–Kier alpha value is 0.650. The summed E-state index contributed by atoms with van der Waals surface area (Å²) in [4.78, 5) is 0. The molecule has 1 saturated heterocycles. The van der Waals surface area contributed by atoms with Crippen LogP contribution in [0, 0.1) is 0 Å². The van der Waals surface area contributed by atoms with Crippen LogP contribution in [0.15, 0.2) is 0 Å². The van der Waals surface area contributed by atoms with Crippen LogP contribution in [0.4, 0.5) is 0 Å². The Kier molecular flexibility index (Phi) is 8.25. The van der Waals surface area contributed by atoms with Crippen molar-refractivity contribution in [2.24, 2.45) is 0 Å². The summed E-state index contributed by atoms with van der Waals surface area (Å²) in [5.74, 6) is 0. The predicted octanol–water partition coefficient (Wildman–Crippen LogP) is -0.952. The maximum absolute atomic E-state index is 5.38. The zero-order chi connectivity index (χ0) is 9.57. The summed E-state index contributed by atoms with van der Waals surface area (Å²) in [6.45, 7) is 7.97. The van der Waals surface area contributed by atoms with Gasteiger partial charge in [-0.25, -0.2) is 0 Å². The normalized spacial score (nSPS) is 20.1. The third kappa shape index (κ3) is 5.51. The van der Waals surface area contributed by atoms with Crippen molar-refractivity contribution in [3.63, 3.8) is 0 Å². The number of unbranched alkanes of at least 4 members (excludes halogenated alkanes) is 3. The lowest BCUT2D eigenvalue weighted by molar-refractivity contribution is -0.917. The third-order valence-electron chi connectivity index (χ3n) is 3.10. The number of likely N-dealkylation sites (N-methyl/N-ethyl adjacent to an activating group) is 1. The van der Waals surface area contributed by atoms with Gasteiger partial charge >= 0.3 is 0 Å². The molecule has 1 aliphatic rings. The maximum Gasteiger partial charge on any atom is 0.102 e. The second-order valence-electron chi connectivity index (χ2n) is 4.46. The first-order chi connectivity index (χ1) is 6.27. The van der Waals surface area contributed by atoms with Crippen LogP contribution in [0.3, 0.4) is 0 Å². The summed E-state index contributed by atoms with van der Waals surface area (Å²) in [5.41, 5.74) is 0. The number of hydrogen-bond acceptors (Lipinski definition) is 1. The van der Waals surface area contributed by atoms with Gasteiger partial charge in [-0.05, 0) is 12.8 Å². The SMILES string of the molecule is CCCCCC[N+]1(C)CCOCC1.[I-]. The molecule has 0 aliphatic carbocycles. The lowest BCUT2D eigenvalue weighted by Crippen LogP contribution is -3.00. The molecule has 1 fully saturated rings. The van der Waals surface area contributed by atoms with Crippen molar-refractivity contribution < 1.29 is 33.2 Å². The van der Waals surface area contributed by atoms with E-state index in [1.807, 2.05) is 0 Å². The zero-order valence-corrected chi connectivity index (χ0v) is 11.8. The van der Waals surface area contributed by atoms with Crippen molar-refractivity contribution in [2.75, 3.05) is 39.9 Å². The summed E-state index contributed by atoms with van der Waals surface area (Å²) in [7, 11) is 2.37. The van der Waals surface area contributed by atoms with Crippen LogP contribution in [-0.2, 0) is 4.74 Å². The Morgan fingerprint density at radius 1 is 1.07 bits per heavy atom. The largest absolute Gasteiger partial charge is 1.00 e. The van der Waals surface area contributed by atoms with E-state index in [2.05, 4.69) is 14.0 Å². The predicted molar refractivity (Wildman–Crippen MR) is 55.7 cm³/mol. The molecule has 1 rings (SSSR count). The summed E-state index contributed by atoms with van der Waals surface area (Å²) >= 11 is 0. The number of nitrogens with zero attached hydrogens (tertiary/aromatic N) is 1. The highest BCUT2D eigenvalue weighted by atomic mass is 127. The fraction of sp³-hybridized carbons (Fsp3) is 1.00. The van der Waals surface area contributed by atoms with E-state index >= 15 is 0 Å².